The van der Waals surface area contributed by atoms with Crippen molar-refractivity contribution in [3.8, 4) is 0 Å². The Labute approximate surface area is 133 Å². The van der Waals surface area contributed by atoms with E-state index in [9.17, 15) is 9.59 Å². The number of nitrogens with one attached hydrogen (secondary N) is 2. The minimum atomic E-state index is -0.423. The molecule has 0 aliphatic carbocycles. The lowest BCUT2D eigenvalue weighted by molar-refractivity contribution is -0.124. The van der Waals surface area contributed by atoms with Crippen molar-refractivity contribution < 1.29 is 19.8 Å². The Kier molecular flexibility index (Phi) is 15.4. The SMILES string of the molecule is O=C(CO)NCCCCCCCCCCCCNC(=O)CO. The van der Waals surface area contributed by atoms with Gasteiger partial charge in [0.25, 0.3) is 0 Å². The zero-order valence-electron chi connectivity index (χ0n) is 13.6. The fourth-order valence-electron chi connectivity index (χ4n) is 2.23. The fraction of sp³-hybridized carbons (Fsp3) is 0.875. The van der Waals surface area contributed by atoms with Crippen LogP contribution in [-0.4, -0.2) is 48.3 Å². The first-order valence-electron chi connectivity index (χ1n) is 8.45. The van der Waals surface area contributed by atoms with Crippen LogP contribution in [-0.2, 0) is 9.59 Å². The van der Waals surface area contributed by atoms with E-state index in [1.165, 1.54) is 38.5 Å². The van der Waals surface area contributed by atoms with E-state index in [0.717, 1.165) is 25.7 Å². The number of unbranched alkanes of at least 4 members (excludes halogenated alkanes) is 9. The highest BCUT2D eigenvalue weighted by Crippen LogP contribution is 2.10. The van der Waals surface area contributed by atoms with Gasteiger partial charge in [-0.25, -0.2) is 0 Å². The molecule has 0 fully saturated rings. The van der Waals surface area contributed by atoms with Crippen LogP contribution in [0.15, 0.2) is 0 Å². The second-order valence-corrected chi connectivity index (χ2v) is 5.55. The number of aliphatic hydroxyl groups is 2. The average molecular weight is 316 g/mol. The average Bonchev–Trinajstić information content (AvgIpc) is 2.54. The van der Waals surface area contributed by atoms with Crippen LogP contribution in [0.5, 0.6) is 0 Å². The minimum Gasteiger partial charge on any atom is -0.387 e. The van der Waals surface area contributed by atoms with Crippen molar-refractivity contribution in [2.24, 2.45) is 0 Å². The van der Waals surface area contributed by atoms with Crippen LogP contribution in [0.2, 0.25) is 0 Å². The molecule has 0 aromatic carbocycles. The van der Waals surface area contributed by atoms with Crippen molar-refractivity contribution in [3.63, 3.8) is 0 Å². The van der Waals surface area contributed by atoms with Crippen molar-refractivity contribution in [1.29, 1.82) is 0 Å². The molecule has 0 aliphatic rings. The molecule has 0 heterocycles. The zero-order valence-corrected chi connectivity index (χ0v) is 13.6. The number of amides is 2. The number of hydrogen-bond donors (Lipinski definition) is 4. The van der Waals surface area contributed by atoms with Gasteiger partial charge in [-0.2, -0.15) is 0 Å². The van der Waals surface area contributed by atoms with Crippen molar-refractivity contribution in [2.75, 3.05) is 26.3 Å². The Bertz CT molecular complexity index is 257. The molecular formula is C16H32N2O4. The second kappa shape index (κ2) is 16.2. The van der Waals surface area contributed by atoms with Crippen LogP contribution in [0, 0.1) is 0 Å². The molecule has 0 bridgehead atoms. The third-order valence-electron chi connectivity index (χ3n) is 3.54. The molecule has 0 rings (SSSR count). The fourth-order valence-corrected chi connectivity index (χ4v) is 2.23. The molecule has 0 aromatic heterocycles. The first-order chi connectivity index (χ1) is 10.7. The van der Waals surface area contributed by atoms with Crippen molar-refractivity contribution >= 4 is 11.8 Å². The van der Waals surface area contributed by atoms with Crippen LogP contribution in [0.3, 0.4) is 0 Å². The lowest BCUT2D eigenvalue weighted by atomic mass is 10.1. The highest BCUT2D eigenvalue weighted by atomic mass is 16.3. The summed E-state index contributed by atoms with van der Waals surface area (Å²) >= 11 is 0. The first-order valence-corrected chi connectivity index (χ1v) is 8.45. The van der Waals surface area contributed by atoms with Crippen LogP contribution in [0.4, 0.5) is 0 Å². The number of aliphatic hydroxyl groups excluding tert-OH is 2. The van der Waals surface area contributed by atoms with Gasteiger partial charge in [-0.1, -0.05) is 51.4 Å². The third kappa shape index (κ3) is 15.3. The van der Waals surface area contributed by atoms with E-state index in [4.69, 9.17) is 10.2 Å². The zero-order chi connectivity index (χ0) is 16.5. The molecular weight excluding hydrogens is 284 g/mol. The van der Waals surface area contributed by atoms with Gasteiger partial charge in [0.15, 0.2) is 0 Å². The largest absolute Gasteiger partial charge is 0.387 e. The number of rotatable bonds is 15. The summed E-state index contributed by atoms with van der Waals surface area (Å²) in [5.41, 5.74) is 0. The molecule has 22 heavy (non-hydrogen) atoms. The minimum absolute atomic E-state index is 0.295. The molecule has 130 valence electrons. The highest BCUT2D eigenvalue weighted by Gasteiger charge is 1.98. The molecule has 2 amide bonds. The Balaban J connectivity index is 3.05. The number of hydrogen-bond acceptors (Lipinski definition) is 4. The summed E-state index contributed by atoms with van der Waals surface area (Å²) in [6.45, 7) is 0.472. The molecule has 0 aromatic rings. The molecule has 6 heteroatoms. The van der Waals surface area contributed by atoms with Crippen molar-refractivity contribution in [2.45, 2.75) is 64.2 Å². The lowest BCUT2D eigenvalue weighted by Crippen LogP contribution is -2.26. The number of carbonyl (C=O) groups is 2. The predicted octanol–water partition coefficient (Wildman–Crippen LogP) is 1.10. The van der Waals surface area contributed by atoms with E-state index >= 15 is 0 Å². The Morgan fingerprint density at radius 1 is 0.545 bits per heavy atom. The van der Waals surface area contributed by atoms with Crippen molar-refractivity contribution in [1.82, 2.24) is 10.6 Å². The molecule has 4 N–H and O–H groups in total. The molecule has 6 nitrogen and oxygen atoms in total. The molecule has 0 radical (unpaired) electrons. The Hall–Kier alpha value is -1.14. The molecule has 0 atom stereocenters. The van der Waals surface area contributed by atoms with Gasteiger partial charge in [-0.3, -0.25) is 9.59 Å². The molecule has 0 aliphatic heterocycles. The van der Waals surface area contributed by atoms with Gasteiger partial charge in [-0.15, -0.1) is 0 Å². The van der Waals surface area contributed by atoms with Crippen molar-refractivity contribution in [3.05, 3.63) is 0 Å². The summed E-state index contributed by atoms with van der Waals surface area (Å²) in [5, 5.41) is 22.3. The quantitative estimate of drug-likeness (QED) is 0.340. The topological polar surface area (TPSA) is 98.7 Å². The number of carbonyl (C=O) groups excluding carboxylic acids is 2. The monoisotopic (exact) mass is 316 g/mol. The van der Waals surface area contributed by atoms with Gasteiger partial charge < -0.3 is 20.8 Å². The van der Waals surface area contributed by atoms with Gasteiger partial charge in [0.1, 0.15) is 13.2 Å². The Morgan fingerprint density at radius 2 is 0.818 bits per heavy atom. The van der Waals surface area contributed by atoms with Crippen LogP contribution >= 0.6 is 0 Å². The normalized spacial score (nSPS) is 10.5. The maximum absolute atomic E-state index is 10.8. The van der Waals surface area contributed by atoms with E-state index in [1.807, 2.05) is 0 Å². The standard InChI is InChI=1S/C16H32N2O4/c19-13-15(21)17-11-9-7-5-3-1-2-4-6-8-10-12-18-16(22)14-20/h19-20H,1-14H2,(H,17,21)(H,18,22). The van der Waals surface area contributed by atoms with Gasteiger partial charge in [-0.05, 0) is 12.8 Å². The van der Waals surface area contributed by atoms with Gasteiger partial charge in [0, 0.05) is 13.1 Å². The lowest BCUT2D eigenvalue weighted by Gasteiger charge is -2.04. The van der Waals surface area contributed by atoms with E-state index in [1.54, 1.807) is 0 Å². The molecule has 0 saturated carbocycles. The highest BCUT2D eigenvalue weighted by molar-refractivity contribution is 5.77. The van der Waals surface area contributed by atoms with E-state index < -0.39 is 13.2 Å². The van der Waals surface area contributed by atoms with Gasteiger partial charge in [0.2, 0.25) is 11.8 Å². The molecule has 0 saturated heterocycles. The summed E-state index contributed by atoms with van der Waals surface area (Å²) in [6.07, 6.45) is 11.6. The third-order valence-corrected chi connectivity index (χ3v) is 3.54. The molecule has 0 unspecified atom stereocenters. The van der Waals surface area contributed by atoms with Gasteiger partial charge in [0.05, 0.1) is 0 Å². The van der Waals surface area contributed by atoms with Crippen LogP contribution in [0.1, 0.15) is 64.2 Å². The van der Waals surface area contributed by atoms with Gasteiger partial charge >= 0.3 is 0 Å². The van der Waals surface area contributed by atoms with E-state index in [-0.39, 0.29) is 11.8 Å². The Morgan fingerprint density at radius 3 is 1.09 bits per heavy atom. The van der Waals surface area contributed by atoms with E-state index in [0.29, 0.717) is 13.1 Å². The summed E-state index contributed by atoms with van der Waals surface area (Å²) in [4.78, 5) is 21.5. The first kappa shape index (κ1) is 20.9. The van der Waals surface area contributed by atoms with E-state index in [2.05, 4.69) is 10.6 Å². The predicted molar refractivity (Wildman–Crippen MR) is 86.4 cm³/mol. The summed E-state index contributed by atoms with van der Waals surface area (Å²) < 4.78 is 0. The second-order valence-electron chi connectivity index (χ2n) is 5.55. The maximum Gasteiger partial charge on any atom is 0.245 e. The summed E-state index contributed by atoms with van der Waals surface area (Å²) in [5.74, 6) is -0.591. The maximum atomic E-state index is 10.8. The summed E-state index contributed by atoms with van der Waals surface area (Å²) in [6, 6.07) is 0. The smallest absolute Gasteiger partial charge is 0.245 e. The molecule has 0 spiro atoms. The van der Waals surface area contributed by atoms with Crippen LogP contribution in [0.25, 0.3) is 0 Å². The van der Waals surface area contributed by atoms with Crippen LogP contribution < -0.4 is 10.6 Å². The summed E-state index contributed by atoms with van der Waals surface area (Å²) in [7, 11) is 0.